The minimum atomic E-state index is -5.09. The van der Waals surface area contributed by atoms with Gasteiger partial charge in [0.15, 0.2) is 0 Å². The molecule has 299 valence electrons. The van der Waals surface area contributed by atoms with Crippen molar-refractivity contribution in [1.29, 1.82) is 0 Å². The van der Waals surface area contributed by atoms with Gasteiger partial charge in [-0.05, 0) is 0 Å². The number of fused-ring (bicyclic) bond motifs is 2. The summed E-state index contributed by atoms with van der Waals surface area (Å²) in [6.45, 7) is 33.8. The van der Waals surface area contributed by atoms with Gasteiger partial charge in [0.25, 0.3) is 0 Å². The van der Waals surface area contributed by atoms with Crippen LogP contribution in [0, 0.1) is 10.8 Å². The van der Waals surface area contributed by atoms with E-state index < -0.39 is 37.6 Å². The molecule has 56 heavy (non-hydrogen) atoms. The molecule has 2 aliphatic rings. The molecule has 0 bridgehead atoms. The Kier molecular flexibility index (Phi) is 12.2. The van der Waals surface area contributed by atoms with Gasteiger partial charge in [-0.25, -0.2) is 0 Å². The summed E-state index contributed by atoms with van der Waals surface area (Å²) in [5.74, 6) is -1.75. The number of allylic oxidation sites excluding steroid dienone is 2. The molecule has 0 heterocycles. The first-order valence-electron chi connectivity index (χ1n) is 21.3. The molecule has 0 amide bonds. The summed E-state index contributed by atoms with van der Waals surface area (Å²) >= 11 is -5.09. The van der Waals surface area contributed by atoms with Crippen molar-refractivity contribution >= 4 is 61.6 Å². The Morgan fingerprint density at radius 2 is 0.929 bits per heavy atom. The van der Waals surface area contributed by atoms with Gasteiger partial charge in [0.2, 0.25) is 0 Å². The van der Waals surface area contributed by atoms with Gasteiger partial charge < -0.3 is 0 Å². The third kappa shape index (κ3) is 8.56. The fourth-order valence-electron chi connectivity index (χ4n) is 10.0. The molecule has 0 saturated heterocycles. The Balaban J connectivity index is 1.62. The van der Waals surface area contributed by atoms with Crippen LogP contribution in [0.5, 0.6) is 0 Å². The van der Waals surface area contributed by atoms with E-state index in [-0.39, 0.29) is 18.1 Å². The minimum absolute atomic E-state index is 0.0717. The average Bonchev–Trinajstić information content (AvgIpc) is 3.64. The monoisotopic (exact) mass is 913 g/mol. The van der Waals surface area contributed by atoms with Gasteiger partial charge in [-0.1, -0.05) is 0 Å². The molecule has 3 atom stereocenters. The molecular formula is C50H69Cl2Si3Zr. The predicted octanol–water partition coefficient (Wildman–Crippen LogP) is 15.3. The first-order valence-corrected chi connectivity index (χ1v) is 44.3. The Morgan fingerprint density at radius 3 is 1.23 bits per heavy atom. The summed E-state index contributed by atoms with van der Waals surface area (Å²) in [6.07, 6.45) is 8.23. The molecule has 3 unspecified atom stereocenters. The van der Waals surface area contributed by atoms with Crippen LogP contribution >= 0.6 is 17.0 Å². The Bertz CT molecular complexity index is 2000. The number of rotatable bonds is 11. The molecule has 4 aromatic rings. The van der Waals surface area contributed by atoms with E-state index in [0.717, 1.165) is 25.3 Å². The molecular weight excluding hydrogens is 847 g/mol. The Morgan fingerprint density at radius 1 is 0.571 bits per heavy atom. The van der Waals surface area contributed by atoms with Crippen molar-refractivity contribution in [2.45, 2.75) is 127 Å². The second kappa shape index (κ2) is 15.5. The molecule has 0 radical (unpaired) electrons. The number of benzene rings is 4. The molecule has 0 N–H and O–H groups in total. The van der Waals surface area contributed by atoms with Gasteiger partial charge in [0.05, 0.1) is 0 Å². The van der Waals surface area contributed by atoms with Crippen LogP contribution in [0.1, 0.15) is 97.2 Å². The van der Waals surface area contributed by atoms with Crippen molar-refractivity contribution in [2.75, 3.05) is 0 Å². The summed E-state index contributed by atoms with van der Waals surface area (Å²) in [7, 11) is 15.4. The average molecular weight is 916 g/mol. The van der Waals surface area contributed by atoms with Gasteiger partial charge in [-0.15, -0.1) is 0 Å². The third-order valence-electron chi connectivity index (χ3n) is 12.7. The van der Waals surface area contributed by atoms with E-state index in [1.54, 1.807) is 0 Å². The molecule has 0 saturated carbocycles. The van der Waals surface area contributed by atoms with E-state index in [1.165, 1.54) is 66.0 Å². The normalized spacial score (nSPS) is 18.8. The van der Waals surface area contributed by atoms with E-state index in [4.69, 9.17) is 17.0 Å². The maximum atomic E-state index is 9.14. The predicted molar refractivity (Wildman–Crippen MR) is 259 cm³/mol. The molecule has 0 aromatic heterocycles. The fraction of sp³-hybridized carbons (Fsp3) is 0.440. The van der Waals surface area contributed by atoms with E-state index in [2.05, 4.69) is 191 Å². The van der Waals surface area contributed by atoms with Crippen LogP contribution in [0.4, 0.5) is 0 Å². The standard InChI is InChI=1S/2C23H29Si.C4H11Si.2ClH.Zr/c2*1-23(2,3)16-17-14-19-8-7-9-21(22(19)15-17)18-10-12-20(13-11-18)24(4,5)6;1-3-4-5-2;;;/h2*7-15H,16H2,1-6H3;5H,3-4H2,1-2H3;2*1H;/q;;;;;+2/p-2. The zero-order valence-corrected chi connectivity index (χ0v) is 44.2. The molecule has 2 aliphatic carbocycles. The number of hydrogen-bond acceptors (Lipinski definition) is 0. The summed E-state index contributed by atoms with van der Waals surface area (Å²) in [6, 6.07) is 34.3. The van der Waals surface area contributed by atoms with E-state index in [0.29, 0.717) is 0 Å². The molecule has 0 fully saturated rings. The summed E-state index contributed by atoms with van der Waals surface area (Å²) in [5, 5.41) is 2.99. The number of hydrogen-bond donors (Lipinski definition) is 0. The topological polar surface area (TPSA) is 0 Å². The molecule has 0 aliphatic heterocycles. The second-order valence-electron chi connectivity index (χ2n) is 22.0. The van der Waals surface area contributed by atoms with Crippen LogP contribution in [0.25, 0.3) is 34.4 Å². The van der Waals surface area contributed by atoms with Gasteiger partial charge in [-0.2, -0.15) is 0 Å². The van der Waals surface area contributed by atoms with E-state index >= 15 is 0 Å². The second-order valence-corrected chi connectivity index (χ2v) is 73.5. The maximum absolute atomic E-state index is 9.14. The van der Waals surface area contributed by atoms with Crippen molar-refractivity contribution in [3.05, 3.63) is 118 Å². The van der Waals surface area contributed by atoms with Crippen LogP contribution in [-0.2, 0) is 15.6 Å². The van der Waals surface area contributed by atoms with Gasteiger partial charge in [-0.3, -0.25) is 0 Å². The quantitative estimate of drug-likeness (QED) is 0.132. The Hall–Kier alpha value is -1.53. The van der Waals surface area contributed by atoms with Crippen LogP contribution in [-0.4, -0.2) is 22.1 Å². The molecule has 4 aromatic carbocycles. The zero-order chi connectivity index (χ0) is 41.2. The van der Waals surface area contributed by atoms with Crippen LogP contribution < -0.4 is 10.4 Å². The van der Waals surface area contributed by atoms with Gasteiger partial charge >= 0.3 is 355 Å². The van der Waals surface area contributed by atoms with Crippen LogP contribution in [0.3, 0.4) is 0 Å². The SMILES string of the molecule is CCC[SiH](C)[Zr]([Cl])([Cl])([CH]1C(CC(C)(C)C)=Cc2c(-c3ccc([Si](C)(C)C)cc3)cccc21)[CH]1C(CC(C)(C)C)=Cc2c(-c3ccc([Si](C)(C)C)cc3)cccc21. The van der Waals surface area contributed by atoms with Crippen molar-refractivity contribution in [1.82, 2.24) is 0 Å². The van der Waals surface area contributed by atoms with Gasteiger partial charge in [0.1, 0.15) is 0 Å². The van der Waals surface area contributed by atoms with Crippen molar-refractivity contribution in [3.8, 4) is 22.3 Å². The third-order valence-corrected chi connectivity index (χ3v) is 67.2. The summed E-state index contributed by atoms with van der Waals surface area (Å²) < 4.78 is 0.143. The van der Waals surface area contributed by atoms with Crippen LogP contribution in [0.15, 0.2) is 96.1 Å². The van der Waals surface area contributed by atoms with E-state index in [1.807, 2.05) is 0 Å². The van der Waals surface area contributed by atoms with Crippen molar-refractivity contribution < 1.29 is 15.6 Å². The fourth-order valence-corrected chi connectivity index (χ4v) is 53.5. The van der Waals surface area contributed by atoms with Crippen LogP contribution in [0.2, 0.25) is 51.9 Å². The molecule has 6 rings (SSSR count). The van der Waals surface area contributed by atoms with Gasteiger partial charge in [0, 0.05) is 0 Å². The van der Waals surface area contributed by atoms with Crippen molar-refractivity contribution in [3.63, 3.8) is 0 Å². The van der Waals surface area contributed by atoms with Crippen molar-refractivity contribution in [2.24, 2.45) is 10.8 Å². The Labute approximate surface area is 352 Å². The molecule has 0 nitrogen and oxygen atoms in total. The van der Waals surface area contributed by atoms with E-state index in [9.17, 15) is 0 Å². The molecule has 6 heteroatoms. The summed E-state index contributed by atoms with van der Waals surface area (Å²) in [4.78, 5) is 0. The summed E-state index contributed by atoms with van der Waals surface area (Å²) in [5.41, 5.74) is 13.8. The number of halogens is 2. The zero-order valence-electron chi connectivity index (χ0n) is 37.1. The molecule has 0 spiro atoms. The first-order chi connectivity index (χ1) is 25.8. The first kappa shape index (κ1) is 44.0.